The summed E-state index contributed by atoms with van der Waals surface area (Å²) in [5, 5.41) is 8.76. The molecule has 0 radical (unpaired) electrons. The first-order valence-corrected chi connectivity index (χ1v) is 4.68. The second-order valence-electron chi connectivity index (χ2n) is 3.35. The maximum atomic E-state index is 10.7. The van der Waals surface area contributed by atoms with Crippen LogP contribution in [-0.4, -0.2) is 22.3 Å². The zero-order valence-electron chi connectivity index (χ0n) is 8.31. The molecule has 0 atom stereocenters. The SMILES string of the molecule is O=Cc1cccc(-c2c[nH]c(C(=O)O)c2)c1. The van der Waals surface area contributed by atoms with Gasteiger partial charge in [-0.05, 0) is 17.7 Å². The Bertz CT molecular complexity index is 543. The van der Waals surface area contributed by atoms with Crippen LogP contribution in [0.2, 0.25) is 0 Å². The zero-order chi connectivity index (χ0) is 11.5. The third-order valence-electron chi connectivity index (χ3n) is 2.27. The van der Waals surface area contributed by atoms with Crippen LogP contribution in [0.4, 0.5) is 0 Å². The van der Waals surface area contributed by atoms with Crippen LogP contribution in [0.15, 0.2) is 36.5 Å². The van der Waals surface area contributed by atoms with E-state index in [0.29, 0.717) is 5.56 Å². The average Bonchev–Trinajstić information content (AvgIpc) is 2.78. The summed E-state index contributed by atoms with van der Waals surface area (Å²) in [4.78, 5) is 23.9. The fourth-order valence-corrected chi connectivity index (χ4v) is 1.48. The smallest absolute Gasteiger partial charge is 0.352 e. The van der Waals surface area contributed by atoms with E-state index in [9.17, 15) is 9.59 Å². The number of aromatic carboxylic acids is 1. The van der Waals surface area contributed by atoms with Gasteiger partial charge < -0.3 is 10.1 Å². The van der Waals surface area contributed by atoms with Crippen LogP contribution in [0, 0.1) is 0 Å². The van der Waals surface area contributed by atoms with Crippen molar-refractivity contribution in [2.75, 3.05) is 0 Å². The molecular formula is C12H9NO3. The molecule has 2 rings (SSSR count). The molecule has 0 saturated heterocycles. The second-order valence-corrected chi connectivity index (χ2v) is 3.35. The van der Waals surface area contributed by atoms with Gasteiger partial charge in [0, 0.05) is 17.3 Å². The van der Waals surface area contributed by atoms with Crippen molar-refractivity contribution in [1.29, 1.82) is 0 Å². The Morgan fingerprint density at radius 1 is 1.25 bits per heavy atom. The molecule has 0 aliphatic rings. The number of benzene rings is 1. The molecule has 0 aliphatic carbocycles. The minimum absolute atomic E-state index is 0.131. The van der Waals surface area contributed by atoms with E-state index in [0.717, 1.165) is 17.4 Å². The van der Waals surface area contributed by atoms with Gasteiger partial charge in [-0.15, -0.1) is 0 Å². The maximum absolute atomic E-state index is 10.7. The van der Waals surface area contributed by atoms with E-state index in [4.69, 9.17) is 5.11 Å². The Kier molecular flexibility index (Phi) is 2.55. The number of carboxylic acids is 1. The minimum atomic E-state index is -1.00. The van der Waals surface area contributed by atoms with Crippen molar-refractivity contribution in [2.45, 2.75) is 0 Å². The van der Waals surface area contributed by atoms with Crippen LogP contribution in [0.5, 0.6) is 0 Å². The molecule has 2 aromatic rings. The van der Waals surface area contributed by atoms with E-state index in [2.05, 4.69) is 4.98 Å². The Morgan fingerprint density at radius 3 is 2.69 bits per heavy atom. The standard InChI is InChI=1S/C12H9NO3/c14-7-8-2-1-3-9(4-8)10-5-11(12(15)16)13-6-10/h1-7,13H,(H,15,16). The summed E-state index contributed by atoms with van der Waals surface area (Å²) >= 11 is 0. The molecule has 1 aromatic carbocycles. The Labute approximate surface area is 91.5 Å². The van der Waals surface area contributed by atoms with Crippen molar-refractivity contribution in [1.82, 2.24) is 4.98 Å². The van der Waals surface area contributed by atoms with Crippen LogP contribution in [0.25, 0.3) is 11.1 Å². The molecule has 1 aromatic heterocycles. The van der Waals surface area contributed by atoms with Gasteiger partial charge in [0.1, 0.15) is 12.0 Å². The molecule has 2 N–H and O–H groups in total. The van der Waals surface area contributed by atoms with E-state index in [1.807, 2.05) is 6.07 Å². The number of aromatic nitrogens is 1. The number of H-pyrrole nitrogens is 1. The predicted molar refractivity (Wildman–Crippen MR) is 58.6 cm³/mol. The molecule has 0 amide bonds. The molecule has 4 heteroatoms. The monoisotopic (exact) mass is 215 g/mol. The van der Waals surface area contributed by atoms with Gasteiger partial charge >= 0.3 is 5.97 Å². The molecule has 0 fully saturated rings. The maximum Gasteiger partial charge on any atom is 0.352 e. The van der Waals surface area contributed by atoms with E-state index in [1.54, 1.807) is 24.4 Å². The number of aldehydes is 1. The Hall–Kier alpha value is -2.36. The molecule has 0 aliphatic heterocycles. The van der Waals surface area contributed by atoms with Crippen molar-refractivity contribution < 1.29 is 14.7 Å². The fourth-order valence-electron chi connectivity index (χ4n) is 1.48. The fraction of sp³-hybridized carbons (Fsp3) is 0. The number of rotatable bonds is 3. The molecule has 0 saturated carbocycles. The summed E-state index contributed by atoms with van der Waals surface area (Å²) < 4.78 is 0. The van der Waals surface area contributed by atoms with Gasteiger partial charge in [0.25, 0.3) is 0 Å². The summed E-state index contributed by atoms with van der Waals surface area (Å²) in [7, 11) is 0. The van der Waals surface area contributed by atoms with Crippen LogP contribution >= 0.6 is 0 Å². The zero-order valence-corrected chi connectivity index (χ0v) is 8.31. The summed E-state index contributed by atoms with van der Waals surface area (Å²) in [6, 6.07) is 8.52. The third-order valence-corrected chi connectivity index (χ3v) is 2.27. The highest BCUT2D eigenvalue weighted by atomic mass is 16.4. The van der Waals surface area contributed by atoms with E-state index < -0.39 is 5.97 Å². The molecule has 0 spiro atoms. The predicted octanol–water partition coefficient (Wildman–Crippen LogP) is 2.19. The minimum Gasteiger partial charge on any atom is -0.477 e. The number of hydrogen-bond donors (Lipinski definition) is 2. The molecule has 1 heterocycles. The summed E-state index contributed by atoms with van der Waals surface area (Å²) in [6.07, 6.45) is 2.36. The number of carbonyl (C=O) groups excluding carboxylic acids is 1. The quantitative estimate of drug-likeness (QED) is 0.771. The first kappa shape index (κ1) is 10.2. The van der Waals surface area contributed by atoms with Crippen molar-refractivity contribution in [2.24, 2.45) is 0 Å². The van der Waals surface area contributed by atoms with Gasteiger partial charge in [-0.2, -0.15) is 0 Å². The number of aromatic amines is 1. The highest BCUT2D eigenvalue weighted by Gasteiger charge is 2.07. The number of hydrogen-bond acceptors (Lipinski definition) is 2. The van der Waals surface area contributed by atoms with Crippen molar-refractivity contribution in [3.63, 3.8) is 0 Å². The van der Waals surface area contributed by atoms with Crippen LogP contribution < -0.4 is 0 Å². The highest BCUT2D eigenvalue weighted by molar-refractivity contribution is 5.88. The summed E-state index contributed by atoms with van der Waals surface area (Å²) in [5.74, 6) is -1.00. The number of nitrogens with one attached hydrogen (secondary N) is 1. The van der Waals surface area contributed by atoms with Gasteiger partial charge in [0.2, 0.25) is 0 Å². The van der Waals surface area contributed by atoms with Crippen LogP contribution in [-0.2, 0) is 0 Å². The topological polar surface area (TPSA) is 70.2 Å². The van der Waals surface area contributed by atoms with Gasteiger partial charge in [-0.25, -0.2) is 4.79 Å². The number of carbonyl (C=O) groups is 2. The Balaban J connectivity index is 2.42. The van der Waals surface area contributed by atoms with Crippen LogP contribution in [0.1, 0.15) is 20.8 Å². The molecule has 4 nitrogen and oxygen atoms in total. The average molecular weight is 215 g/mol. The molecule has 0 bridgehead atoms. The lowest BCUT2D eigenvalue weighted by Gasteiger charge is -1.97. The van der Waals surface area contributed by atoms with E-state index in [1.165, 1.54) is 6.07 Å². The molecule has 80 valence electrons. The van der Waals surface area contributed by atoms with Gasteiger partial charge in [0.05, 0.1) is 0 Å². The molecule has 0 unspecified atom stereocenters. The first-order chi connectivity index (χ1) is 7.70. The lowest BCUT2D eigenvalue weighted by Crippen LogP contribution is -1.94. The van der Waals surface area contributed by atoms with Gasteiger partial charge in [-0.1, -0.05) is 18.2 Å². The summed E-state index contributed by atoms with van der Waals surface area (Å²) in [6.45, 7) is 0. The lowest BCUT2D eigenvalue weighted by molar-refractivity contribution is 0.0691. The first-order valence-electron chi connectivity index (χ1n) is 4.68. The van der Waals surface area contributed by atoms with E-state index in [-0.39, 0.29) is 5.69 Å². The number of carboxylic acid groups (broad SMARTS) is 1. The third kappa shape index (κ3) is 1.86. The largest absolute Gasteiger partial charge is 0.477 e. The Morgan fingerprint density at radius 2 is 2.06 bits per heavy atom. The lowest BCUT2D eigenvalue weighted by atomic mass is 10.1. The van der Waals surface area contributed by atoms with Gasteiger partial charge in [0.15, 0.2) is 0 Å². The molecule has 16 heavy (non-hydrogen) atoms. The van der Waals surface area contributed by atoms with E-state index >= 15 is 0 Å². The van der Waals surface area contributed by atoms with Crippen molar-refractivity contribution in [3.05, 3.63) is 47.8 Å². The normalized spacial score (nSPS) is 10.0. The highest BCUT2D eigenvalue weighted by Crippen LogP contribution is 2.20. The van der Waals surface area contributed by atoms with Gasteiger partial charge in [-0.3, -0.25) is 4.79 Å². The van der Waals surface area contributed by atoms with Crippen LogP contribution in [0.3, 0.4) is 0 Å². The van der Waals surface area contributed by atoms with Crippen molar-refractivity contribution in [3.8, 4) is 11.1 Å². The summed E-state index contributed by atoms with van der Waals surface area (Å²) in [5.41, 5.74) is 2.26. The molecular weight excluding hydrogens is 206 g/mol. The second kappa shape index (κ2) is 4.02. The van der Waals surface area contributed by atoms with Crippen molar-refractivity contribution >= 4 is 12.3 Å².